The minimum atomic E-state index is -1.07. The molecule has 3 aromatic rings. The van der Waals surface area contributed by atoms with E-state index in [9.17, 15) is 0 Å². The van der Waals surface area contributed by atoms with Crippen LogP contribution in [-0.2, 0) is 0 Å². The van der Waals surface area contributed by atoms with Crippen LogP contribution in [0.1, 0.15) is 30.5 Å². The van der Waals surface area contributed by atoms with Gasteiger partial charge in [-0.15, -0.1) is 0 Å². The molecule has 0 aromatic heterocycles. The zero-order valence-electron chi connectivity index (χ0n) is 14.8. The molecule has 1 aliphatic carbocycles. The summed E-state index contributed by atoms with van der Waals surface area (Å²) in [5.41, 5.74) is 11.2. The number of fused-ring (bicyclic) bond motifs is 1. The second-order valence-electron chi connectivity index (χ2n) is 7.33. The maximum absolute atomic E-state index is 2.47. The predicted molar refractivity (Wildman–Crippen MR) is 111 cm³/mol. The lowest BCUT2D eigenvalue weighted by Gasteiger charge is -2.19. The van der Waals surface area contributed by atoms with Crippen molar-refractivity contribution >= 4 is 20.1 Å². The lowest BCUT2D eigenvalue weighted by atomic mass is 9.91. The molecule has 0 amide bonds. The Labute approximate surface area is 151 Å². The van der Waals surface area contributed by atoms with Gasteiger partial charge in [0.15, 0.2) is 0 Å². The van der Waals surface area contributed by atoms with E-state index in [2.05, 4.69) is 86.7 Å². The molecule has 2 bridgehead atoms. The predicted octanol–water partition coefficient (Wildman–Crippen LogP) is 5.53. The first-order valence-electron chi connectivity index (χ1n) is 9.29. The van der Waals surface area contributed by atoms with E-state index in [1.807, 2.05) is 0 Å². The van der Waals surface area contributed by atoms with Crippen LogP contribution < -0.4 is 5.19 Å². The molecule has 1 heterocycles. The summed E-state index contributed by atoms with van der Waals surface area (Å²) in [5, 5.41) is 1.70. The highest BCUT2D eigenvalue weighted by Gasteiger charge is 2.43. The van der Waals surface area contributed by atoms with Crippen LogP contribution in [0.4, 0.5) is 0 Å². The summed E-state index contributed by atoms with van der Waals surface area (Å²) >= 11 is 0. The highest BCUT2D eigenvalue weighted by atomic mass is 28.3. The van der Waals surface area contributed by atoms with Gasteiger partial charge in [0.25, 0.3) is 0 Å². The van der Waals surface area contributed by atoms with Crippen LogP contribution in [-0.4, -0.2) is 8.80 Å². The minimum Gasteiger partial charge on any atom is -0.0678 e. The monoisotopic (exact) mass is 338 g/mol. The summed E-state index contributed by atoms with van der Waals surface area (Å²) in [4.78, 5) is 0. The van der Waals surface area contributed by atoms with Crippen molar-refractivity contribution in [3.63, 3.8) is 0 Å². The van der Waals surface area contributed by atoms with Crippen molar-refractivity contribution in [3.05, 3.63) is 83.4 Å². The van der Waals surface area contributed by atoms with Gasteiger partial charge < -0.3 is 0 Å². The van der Waals surface area contributed by atoms with E-state index in [1.165, 1.54) is 28.3 Å². The Kier molecular flexibility index (Phi) is 3.32. The van der Waals surface area contributed by atoms with Gasteiger partial charge in [-0.05, 0) is 51.6 Å². The smallest absolute Gasteiger partial charge is 0.0678 e. The quantitative estimate of drug-likeness (QED) is 0.551. The number of hydrogen-bond acceptors (Lipinski definition) is 0. The normalized spacial score (nSPS) is 20.0. The van der Waals surface area contributed by atoms with Crippen LogP contribution in [0, 0.1) is 0 Å². The van der Waals surface area contributed by atoms with E-state index in [-0.39, 0.29) is 0 Å². The highest BCUT2D eigenvalue weighted by Crippen LogP contribution is 2.50. The molecule has 3 aromatic carbocycles. The topological polar surface area (TPSA) is 0 Å². The van der Waals surface area contributed by atoms with Crippen LogP contribution in [0.5, 0.6) is 0 Å². The second kappa shape index (κ2) is 5.57. The van der Waals surface area contributed by atoms with Crippen LogP contribution in [0.25, 0.3) is 28.3 Å². The third kappa shape index (κ3) is 2.06. The summed E-state index contributed by atoms with van der Waals surface area (Å²) in [7, 11) is -1.07. The van der Waals surface area contributed by atoms with Crippen molar-refractivity contribution in [2.45, 2.75) is 25.4 Å². The molecule has 2 atom stereocenters. The van der Waals surface area contributed by atoms with E-state index < -0.39 is 8.80 Å². The van der Waals surface area contributed by atoms with Crippen molar-refractivity contribution in [1.29, 1.82) is 0 Å². The average Bonchev–Trinajstić information content (AvgIpc) is 3.12. The molecule has 0 nitrogen and oxygen atoms in total. The van der Waals surface area contributed by atoms with Gasteiger partial charge in [0.05, 0.1) is 8.80 Å². The molecule has 5 rings (SSSR count). The van der Waals surface area contributed by atoms with Crippen molar-refractivity contribution in [2.24, 2.45) is 0 Å². The zero-order chi connectivity index (χ0) is 17.0. The minimum absolute atomic E-state index is 0.711. The van der Waals surface area contributed by atoms with Crippen LogP contribution in [0.2, 0.25) is 6.04 Å². The Morgan fingerprint density at radius 3 is 2.16 bits per heavy atom. The van der Waals surface area contributed by atoms with Gasteiger partial charge in [-0.3, -0.25) is 0 Å². The van der Waals surface area contributed by atoms with E-state index in [0.29, 0.717) is 5.54 Å². The number of allylic oxidation sites excluding steroid dienone is 1. The fraction of sp³-hybridized carbons (Fsp3) is 0.167. The molecular weight excluding hydrogens is 316 g/mol. The van der Waals surface area contributed by atoms with Gasteiger partial charge in [0.1, 0.15) is 0 Å². The van der Waals surface area contributed by atoms with E-state index in [1.54, 1.807) is 21.9 Å². The molecule has 0 fully saturated rings. The van der Waals surface area contributed by atoms with Gasteiger partial charge in [0.2, 0.25) is 0 Å². The van der Waals surface area contributed by atoms with E-state index in [4.69, 9.17) is 0 Å². The molecule has 25 heavy (non-hydrogen) atoms. The van der Waals surface area contributed by atoms with Crippen LogP contribution >= 0.6 is 0 Å². The van der Waals surface area contributed by atoms with Gasteiger partial charge >= 0.3 is 0 Å². The molecule has 1 heteroatoms. The summed E-state index contributed by atoms with van der Waals surface area (Å²) in [6, 6.07) is 25.9. The third-order valence-corrected chi connectivity index (χ3v) is 9.87. The number of hydrogen-bond donors (Lipinski definition) is 0. The summed E-state index contributed by atoms with van der Waals surface area (Å²) in [6.45, 7) is 4.75. The Morgan fingerprint density at radius 2 is 1.52 bits per heavy atom. The first kappa shape index (κ1) is 14.9. The van der Waals surface area contributed by atoms with Crippen molar-refractivity contribution in [3.8, 4) is 22.3 Å². The van der Waals surface area contributed by atoms with Crippen molar-refractivity contribution in [2.75, 3.05) is 0 Å². The van der Waals surface area contributed by atoms with Crippen molar-refractivity contribution < 1.29 is 0 Å². The molecule has 0 radical (unpaired) electrons. The molecular formula is C24H22Si. The molecule has 2 aliphatic rings. The Morgan fingerprint density at radius 1 is 0.880 bits per heavy atom. The lowest BCUT2D eigenvalue weighted by molar-refractivity contribution is 1.12. The number of benzene rings is 3. The highest BCUT2D eigenvalue weighted by molar-refractivity contribution is 6.80. The maximum Gasteiger partial charge on any atom is 0.0842 e. The molecule has 2 unspecified atom stereocenters. The second-order valence-corrected chi connectivity index (χ2v) is 10.6. The van der Waals surface area contributed by atoms with Gasteiger partial charge in [-0.25, -0.2) is 0 Å². The fourth-order valence-electron chi connectivity index (χ4n) is 5.03. The Bertz CT molecular complexity index is 984. The summed E-state index contributed by atoms with van der Waals surface area (Å²) in [6.07, 6.45) is 2.46. The Balaban J connectivity index is 1.87. The van der Waals surface area contributed by atoms with Gasteiger partial charge in [-0.1, -0.05) is 85.3 Å². The molecule has 0 N–H and O–H groups in total. The first-order valence-corrected chi connectivity index (χ1v) is 11.4. The standard InChI is InChI=1S/C24H22Si/c1-3-25-23-16(2)14-19-15-20(17-10-6-4-7-11-17)24(25)21(22(19)23)18-12-8-5-9-13-18/h4-15,23,25H,3H2,1-2H3. The SMILES string of the molecule is CC[SiH]1c2c(-c3ccccc3)cc3c(c2-c2ccccc2)C1C(C)=C3. The lowest BCUT2D eigenvalue weighted by Crippen LogP contribution is -2.32. The Hall–Kier alpha value is -2.38. The van der Waals surface area contributed by atoms with Crippen LogP contribution in [0.3, 0.4) is 0 Å². The molecule has 0 saturated heterocycles. The van der Waals surface area contributed by atoms with E-state index >= 15 is 0 Å². The fourth-order valence-corrected chi connectivity index (χ4v) is 9.08. The summed E-state index contributed by atoms with van der Waals surface area (Å²) < 4.78 is 0. The number of rotatable bonds is 3. The first-order chi connectivity index (χ1) is 12.3. The third-order valence-electron chi connectivity index (χ3n) is 5.98. The molecule has 1 aliphatic heterocycles. The summed E-state index contributed by atoms with van der Waals surface area (Å²) in [5.74, 6) is 0. The molecule has 122 valence electrons. The molecule has 0 saturated carbocycles. The molecule has 0 spiro atoms. The average molecular weight is 339 g/mol. The largest absolute Gasteiger partial charge is 0.0842 e. The van der Waals surface area contributed by atoms with Gasteiger partial charge in [-0.2, -0.15) is 0 Å². The van der Waals surface area contributed by atoms with Gasteiger partial charge in [0, 0.05) is 5.54 Å². The van der Waals surface area contributed by atoms with Crippen LogP contribution in [0.15, 0.2) is 72.3 Å². The maximum atomic E-state index is 2.47. The zero-order valence-corrected chi connectivity index (χ0v) is 15.9. The van der Waals surface area contributed by atoms with Crippen molar-refractivity contribution in [1.82, 2.24) is 0 Å². The van der Waals surface area contributed by atoms with E-state index in [0.717, 1.165) is 0 Å².